The summed E-state index contributed by atoms with van der Waals surface area (Å²) in [5, 5.41) is 3.72. The van der Waals surface area contributed by atoms with E-state index in [1.807, 2.05) is 0 Å². The smallest absolute Gasteiger partial charge is 0.00684 e. The van der Waals surface area contributed by atoms with E-state index in [4.69, 9.17) is 0 Å². The Morgan fingerprint density at radius 1 is 1.00 bits per heavy atom. The maximum Gasteiger partial charge on any atom is 0.00684 e. The Balaban J connectivity index is 1.45. The van der Waals surface area contributed by atoms with Crippen LogP contribution in [0.4, 0.5) is 0 Å². The van der Waals surface area contributed by atoms with Crippen LogP contribution >= 0.6 is 0 Å². The first-order chi connectivity index (χ1) is 7.85. The van der Waals surface area contributed by atoms with E-state index in [2.05, 4.69) is 12.2 Å². The normalized spacial score (nSPS) is 22.3. The SMILES string of the molecule is CCCCCCCCC1(CNC2CC2)CC1. The van der Waals surface area contributed by atoms with Gasteiger partial charge in [0, 0.05) is 12.6 Å². The Morgan fingerprint density at radius 2 is 1.69 bits per heavy atom. The van der Waals surface area contributed by atoms with Crippen LogP contribution in [-0.2, 0) is 0 Å². The molecule has 0 spiro atoms. The minimum Gasteiger partial charge on any atom is -0.313 e. The molecule has 1 N–H and O–H groups in total. The molecule has 1 nitrogen and oxygen atoms in total. The summed E-state index contributed by atoms with van der Waals surface area (Å²) >= 11 is 0. The highest BCUT2D eigenvalue weighted by molar-refractivity contribution is 4.96. The van der Waals surface area contributed by atoms with Crippen molar-refractivity contribution in [1.29, 1.82) is 0 Å². The molecular weight excluding hydrogens is 194 g/mol. The van der Waals surface area contributed by atoms with Crippen LogP contribution < -0.4 is 5.32 Å². The van der Waals surface area contributed by atoms with Gasteiger partial charge in [-0.25, -0.2) is 0 Å². The lowest BCUT2D eigenvalue weighted by molar-refractivity contribution is 0.401. The minimum atomic E-state index is 0.757. The van der Waals surface area contributed by atoms with Crippen molar-refractivity contribution in [3.63, 3.8) is 0 Å². The van der Waals surface area contributed by atoms with Crippen LogP contribution in [0.2, 0.25) is 0 Å². The van der Waals surface area contributed by atoms with Crippen LogP contribution in [0.5, 0.6) is 0 Å². The highest BCUT2D eigenvalue weighted by Gasteiger charge is 2.42. The third kappa shape index (κ3) is 4.45. The fourth-order valence-electron chi connectivity index (χ4n) is 2.62. The maximum absolute atomic E-state index is 3.72. The van der Waals surface area contributed by atoms with E-state index in [9.17, 15) is 0 Å². The molecule has 2 rings (SSSR count). The van der Waals surface area contributed by atoms with Gasteiger partial charge in [0.25, 0.3) is 0 Å². The lowest BCUT2D eigenvalue weighted by atomic mass is 9.97. The molecule has 2 aliphatic rings. The van der Waals surface area contributed by atoms with E-state index >= 15 is 0 Å². The van der Waals surface area contributed by atoms with E-state index in [1.54, 1.807) is 0 Å². The van der Waals surface area contributed by atoms with Gasteiger partial charge in [0.1, 0.15) is 0 Å². The van der Waals surface area contributed by atoms with Crippen LogP contribution in [0.3, 0.4) is 0 Å². The molecule has 0 heterocycles. The van der Waals surface area contributed by atoms with Gasteiger partial charge in [0.15, 0.2) is 0 Å². The van der Waals surface area contributed by atoms with Crippen LogP contribution in [0.1, 0.15) is 77.6 Å². The number of hydrogen-bond acceptors (Lipinski definition) is 1. The number of rotatable bonds is 10. The molecule has 0 unspecified atom stereocenters. The predicted molar refractivity (Wildman–Crippen MR) is 70.7 cm³/mol. The molecule has 1 heteroatoms. The Hall–Kier alpha value is -0.0400. The summed E-state index contributed by atoms with van der Waals surface area (Å²) < 4.78 is 0. The van der Waals surface area contributed by atoms with E-state index < -0.39 is 0 Å². The predicted octanol–water partition coefficient (Wildman–Crippen LogP) is 4.27. The molecule has 0 radical (unpaired) electrons. The molecule has 0 bridgehead atoms. The zero-order valence-electron chi connectivity index (χ0n) is 11.1. The van der Waals surface area contributed by atoms with Crippen molar-refractivity contribution >= 4 is 0 Å². The quantitative estimate of drug-likeness (QED) is 0.545. The van der Waals surface area contributed by atoms with Gasteiger partial charge in [0.2, 0.25) is 0 Å². The fourth-order valence-corrected chi connectivity index (χ4v) is 2.62. The standard InChI is InChI=1S/C15H29N/c1-2-3-4-5-6-7-10-15(11-12-15)13-16-14-8-9-14/h14,16H,2-13H2,1H3. The number of unbranched alkanes of at least 4 members (excludes halogenated alkanes) is 5. The monoisotopic (exact) mass is 223 g/mol. The molecule has 0 saturated heterocycles. The molecule has 2 aliphatic carbocycles. The second-order valence-electron chi connectivity index (χ2n) is 6.17. The highest BCUT2D eigenvalue weighted by Crippen LogP contribution is 2.49. The van der Waals surface area contributed by atoms with Crippen molar-refractivity contribution in [2.24, 2.45) is 5.41 Å². The molecule has 2 fully saturated rings. The van der Waals surface area contributed by atoms with Crippen molar-refractivity contribution in [2.45, 2.75) is 83.6 Å². The van der Waals surface area contributed by atoms with Crippen LogP contribution in [0.15, 0.2) is 0 Å². The van der Waals surface area contributed by atoms with Gasteiger partial charge in [-0.05, 0) is 37.5 Å². The fraction of sp³-hybridized carbons (Fsp3) is 1.00. The molecule has 94 valence electrons. The van der Waals surface area contributed by atoms with Gasteiger partial charge >= 0.3 is 0 Å². The van der Waals surface area contributed by atoms with Gasteiger partial charge in [-0.3, -0.25) is 0 Å². The largest absolute Gasteiger partial charge is 0.313 e. The van der Waals surface area contributed by atoms with E-state index in [0.717, 1.165) is 11.5 Å². The molecular formula is C15H29N. The molecule has 0 aromatic heterocycles. The van der Waals surface area contributed by atoms with Gasteiger partial charge in [-0.1, -0.05) is 45.4 Å². The van der Waals surface area contributed by atoms with Crippen molar-refractivity contribution in [3.8, 4) is 0 Å². The van der Waals surface area contributed by atoms with Gasteiger partial charge < -0.3 is 5.32 Å². The first kappa shape index (κ1) is 12.4. The third-order valence-corrected chi connectivity index (χ3v) is 4.36. The van der Waals surface area contributed by atoms with Gasteiger partial charge in [0.05, 0.1) is 0 Å². The molecule has 0 amide bonds. The number of hydrogen-bond donors (Lipinski definition) is 1. The maximum atomic E-state index is 3.72. The molecule has 0 atom stereocenters. The first-order valence-electron chi connectivity index (χ1n) is 7.58. The molecule has 16 heavy (non-hydrogen) atoms. The van der Waals surface area contributed by atoms with Gasteiger partial charge in [-0.2, -0.15) is 0 Å². The first-order valence-corrected chi connectivity index (χ1v) is 7.58. The van der Waals surface area contributed by atoms with E-state index in [1.165, 1.54) is 77.2 Å². The molecule has 0 aromatic rings. The average molecular weight is 223 g/mol. The summed E-state index contributed by atoms with van der Waals surface area (Å²) in [6.07, 6.45) is 16.1. The van der Waals surface area contributed by atoms with Crippen LogP contribution in [-0.4, -0.2) is 12.6 Å². The summed E-state index contributed by atoms with van der Waals surface area (Å²) in [6.45, 7) is 3.62. The Kier molecular flexibility index (Phi) is 4.69. The summed E-state index contributed by atoms with van der Waals surface area (Å²) in [4.78, 5) is 0. The lowest BCUT2D eigenvalue weighted by Crippen LogP contribution is -2.25. The Bertz CT molecular complexity index is 192. The second-order valence-corrected chi connectivity index (χ2v) is 6.17. The van der Waals surface area contributed by atoms with E-state index in [-0.39, 0.29) is 0 Å². The summed E-state index contributed by atoms with van der Waals surface area (Å²) in [6, 6.07) is 0.905. The molecule has 0 aliphatic heterocycles. The van der Waals surface area contributed by atoms with Crippen LogP contribution in [0, 0.1) is 5.41 Å². The van der Waals surface area contributed by atoms with E-state index in [0.29, 0.717) is 0 Å². The summed E-state index contributed by atoms with van der Waals surface area (Å²) in [5.41, 5.74) is 0.757. The van der Waals surface area contributed by atoms with Crippen molar-refractivity contribution in [2.75, 3.05) is 6.54 Å². The molecule has 2 saturated carbocycles. The lowest BCUT2D eigenvalue weighted by Gasteiger charge is -2.15. The minimum absolute atomic E-state index is 0.757. The summed E-state index contributed by atoms with van der Waals surface area (Å²) in [5.74, 6) is 0. The zero-order valence-corrected chi connectivity index (χ0v) is 11.1. The van der Waals surface area contributed by atoms with Gasteiger partial charge in [-0.15, -0.1) is 0 Å². The third-order valence-electron chi connectivity index (χ3n) is 4.36. The Labute approximate surface area is 101 Å². The Morgan fingerprint density at radius 3 is 2.31 bits per heavy atom. The summed E-state index contributed by atoms with van der Waals surface area (Å²) in [7, 11) is 0. The second kappa shape index (κ2) is 6.05. The highest BCUT2D eigenvalue weighted by atomic mass is 15.0. The average Bonchev–Trinajstić information content (AvgIpc) is 3.15. The van der Waals surface area contributed by atoms with Crippen molar-refractivity contribution in [1.82, 2.24) is 5.32 Å². The number of nitrogens with one attached hydrogen (secondary N) is 1. The molecule has 0 aromatic carbocycles. The van der Waals surface area contributed by atoms with Crippen molar-refractivity contribution in [3.05, 3.63) is 0 Å². The van der Waals surface area contributed by atoms with Crippen molar-refractivity contribution < 1.29 is 0 Å². The topological polar surface area (TPSA) is 12.0 Å². The zero-order chi connectivity index (χ0) is 11.3. The van der Waals surface area contributed by atoms with Crippen LogP contribution in [0.25, 0.3) is 0 Å².